The second-order valence-electron chi connectivity index (χ2n) is 11.1. The molecule has 1 aliphatic heterocycles. The van der Waals surface area contributed by atoms with Gasteiger partial charge in [0.15, 0.2) is 11.5 Å². The number of carboxylic acid groups (broad SMARTS) is 1. The van der Waals surface area contributed by atoms with Crippen molar-refractivity contribution in [3.8, 4) is 40.2 Å². The Labute approximate surface area is 261 Å². The number of nitrogens with one attached hydrogen (secondary N) is 1. The minimum Gasteiger partial charge on any atom is -0.488 e. The van der Waals surface area contributed by atoms with Gasteiger partial charge in [-0.15, -0.1) is 0 Å². The highest BCUT2D eigenvalue weighted by Gasteiger charge is 2.32. The number of hydrogen-bond acceptors (Lipinski definition) is 9. The van der Waals surface area contributed by atoms with Crippen LogP contribution in [0.5, 0.6) is 23.0 Å². The Kier molecular flexibility index (Phi) is 9.52. The van der Waals surface area contributed by atoms with E-state index in [-0.39, 0.29) is 13.2 Å². The van der Waals surface area contributed by atoms with Gasteiger partial charge in [-0.05, 0) is 72.9 Å². The Hall–Kier alpha value is -5.11. The number of hydrogen-bond donors (Lipinski definition) is 3. The van der Waals surface area contributed by atoms with Crippen molar-refractivity contribution >= 4 is 5.97 Å². The van der Waals surface area contributed by atoms with Gasteiger partial charge in [0.1, 0.15) is 49.5 Å². The number of nitriles is 1. The van der Waals surface area contributed by atoms with Crippen LogP contribution < -0.4 is 24.3 Å². The summed E-state index contributed by atoms with van der Waals surface area (Å²) in [6.45, 7) is 6.41. The Bertz CT molecular complexity index is 1750. The van der Waals surface area contributed by atoms with Crippen LogP contribution in [0.3, 0.4) is 0 Å². The largest absolute Gasteiger partial charge is 0.488 e. The third-order valence-corrected chi connectivity index (χ3v) is 7.82. The molecule has 45 heavy (non-hydrogen) atoms. The molecule has 3 aromatic carbocycles. The molecule has 1 aliphatic rings. The number of aliphatic hydroxyl groups excluding tert-OH is 1. The smallest absolute Gasteiger partial charge is 0.326 e. The quantitative estimate of drug-likeness (QED) is 0.199. The average Bonchev–Trinajstić information content (AvgIpc) is 3.06. The van der Waals surface area contributed by atoms with Gasteiger partial charge in [0, 0.05) is 36.1 Å². The SMILES string of the molecule is Cc1cc(CN[C@@](C)(CO)C(=O)O)c(OCc2cncc(C#N)c2)cc1OCc1cccc(-c2ccc3c(c2)OCCO3)c1C. The minimum absolute atomic E-state index is 0.118. The minimum atomic E-state index is -1.54. The van der Waals surface area contributed by atoms with Crippen LogP contribution in [0.1, 0.15) is 40.3 Å². The zero-order valence-corrected chi connectivity index (χ0v) is 25.4. The summed E-state index contributed by atoms with van der Waals surface area (Å²) < 4.78 is 24.0. The average molecular weight is 610 g/mol. The molecule has 0 saturated carbocycles. The van der Waals surface area contributed by atoms with E-state index in [1.54, 1.807) is 18.3 Å². The molecule has 4 aromatic rings. The summed E-state index contributed by atoms with van der Waals surface area (Å²) >= 11 is 0. The maximum absolute atomic E-state index is 11.8. The molecular formula is C35H35N3O7. The first kappa shape index (κ1) is 31.3. The van der Waals surface area contributed by atoms with Gasteiger partial charge in [-0.2, -0.15) is 5.26 Å². The zero-order valence-electron chi connectivity index (χ0n) is 25.4. The van der Waals surface area contributed by atoms with Gasteiger partial charge in [-0.3, -0.25) is 15.1 Å². The number of carboxylic acids is 1. The van der Waals surface area contributed by atoms with Crippen molar-refractivity contribution in [1.82, 2.24) is 10.3 Å². The molecule has 3 N–H and O–H groups in total. The fourth-order valence-electron chi connectivity index (χ4n) is 4.95. The standard InChI is InChI=1S/C35H35N3O7/c1-22-11-28(18-38-35(3,21-39)34(40)41)32(44-19-25-12-24(15-36)16-37-17-25)14-31(22)45-20-27-5-4-6-29(23(27)2)26-7-8-30-33(13-26)43-10-9-42-30/h4-8,11-14,16-17,38-39H,9-10,18-21H2,1-3H3,(H,40,41)/t35-/m0/s1. The lowest BCUT2D eigenvalue weighted by atomic mass is 9.96. The molecule has 10 nitrogen and oxygen atoms in total. The second-order valence-corrected chi connectivity index (χ2v) is 11.1. The molecule has 0 fully saturated rings. The van der Waals surface area contributed by atoms with Crippen molar-refractivity contribution < 1.29 is 34.0 Å². The molecule has 0 aliphatic carbocycles. The highest BCUT2D eigenvalue weighted by molar-refractivity contribution is 5.78. The first-order valence-corrected chi connectivity index (χ1v) is 14.5. The van der Waals surface area contributed by atoms with Crippen LogP contribution in [-0.4, -0.2) is 46.5 Å². The normalized spacial score (nSPS) is 13.4. The van der Waals surface area contributed by atoms with Crippen molar-refractivity contribution in [3.05, 3.63) is 100 Å². The number of aromatic nitrogens is 1. The van der Waals surface area contributed by atoms with Crippen LogP contribution in [0.4, 0.5) is 0 Å². The maximum Gasteiger partial charge on any atom is 0.326 e. The van der Waals surface area contributed by atoms with E-state index in [4.69, 9.17) is 18.9 Å². The Morgan fingerprint density at radius 1 is 1.00 bits per heavy atom. The van der Waals surface area contributed by atoms with E-state index in [0.717, 1.165) is 39.3 Å². The molecule has 1 aromatic heterocycles. The summed E-state index contributed by atoms with van der Waals surface area (Å²) in [6, 6.07) is 19.5. The summed E-state index contributed by atoms with van der Waals surface area (Å²) in [5.74, 6) is 1.38. The summed E-state index contributed by atoms with van der Waals surface area (Å²) in [6.07, 6.45) is 3.10. The number of pyridine rings is 1. The van der Waals surface area contributed by atoms with E-state index >= 15 is 0 Å². The first-order chi connectivity index (χ1) is 21.7. The summed E-state index contributed by atoms with van der Waals surface area (Å²) in [5, 5.41) is 31.5. The van der Waals surface area contributed by atoms with Crippen LogP contribution in [0, 0.1) is 25.2 Å². The fraction of sp³-hybridized carbons (Fsp3) is 0.286. The number of benzene rings is 3. The first-order valence-electron chi connectivity index (χ1n) is 14.5. The van der Waals surface area contributed by atoms with Gasteiger partial charge in [-0.1, -0.05) is 24.3 Å². The second kappa shape index (κ2) is 13.7. The van der Waals surface area contributed by atoms with Gasteiger partial charge < -0.3 is 29.2 Å². The van der Waals surface area contributed by atoms with E-state index in [0.29, 0.717) is 48.0 Å². The molecule has 10 heteroatoms. The Balaban J connectivity index is 1.39. The molecule has 1 atom stereocenters. The number of ether oxygens (including phenoxy) is 4. The molecule has 232 valence electrons. The zero-order chi connectivity index (χ0) is 32.0. The van der Waals surface area contributed by atoms with E-state index in [2.05, 4.69) is 29.4 Å². The molecule has 0 saturated heterocycles. The third-order valence-electron chi connectivity index (χ3n) is 7.82. The van der Waals surface area contributed by atoms with Crippen LogP contribution in [0.25, 0.3) is 11.1 Å². The van der Waals surface area contributed by atoms with Crippen molar-refractivity contribution in [2.24, 2.45) is 0 Å². The van der Waals surface area contributed by atoms with E-state index < -0.39 is 18.1 Å². The molecule has 0 radical (unpaired) electrons. The highest BCUT2D eigenvalue weighted by Crippen LogP contribution is 2.37. The fourth-order valence-corrected chi connectivity index (χ4v) is 4.95. The molecule has 5 rings (SSSR count). The third kappa shape index (κ3) is 7.17. The summed E-state index contributed by atoms with van der Waals surface area (Å²) in [5.41, 5.74) is 5.26. The lowest BCUT2D eigenvalue weighted by Gasteiger charge is -2.25. The lowest BCUT2D eigenvalue weighted by molar-refractivity contribution is -0.145. The Morgan fingerprint density at radius 3 is 2.53 bits per heavy atom. The number of nitrogens with zero attached hydrogens (tertiary/aromatic N) is 2. The lowest BCUT2D eigenvalue weighted by Crippen LogP contribution is -2.52. The van der Waals surface area contributed by atoms with Crippen LogP contribution in [-0.2, 0) is 24.6 Å². The Morgan fingerprint density at radius 2 is 1.78 bits per heavy atom. The van der Waals surface area contributed by atoms with E-state index in [1.165, 1.54) is 13.1 Å². The molecule has 0 amide bonds. The molecular weight excluding hydrogens is 574 g/mol. The predicted octanol–water partition coefficient (Wildman–Crippen LogP) is 5.09. The molecule has 2 heterocycles. The molecule has 0 bridgehead atoms. The van der Waals surface area contributed by atoms with Crippen molar-refractivity contribution in [2.45, 2.75) is 46.1 Å². The monoisotopic (exact) mass is 609 g/mol. The van der Waals surface area contributed by atoms with Crippen LogP contribution >= 0.6 is 0 Å². The number of fused-ring (bicyclic) bond motifs is 1. The van der Waals surface area contributed by atoms with Crippen molar-refractivity contribution in [2.75, 3.05) is 19.8 Å². The van der Waals surface area contributed by atoms with Crippen LogP contribution in [0.2, 0.25) is 0 Å². The summed E-state index contributed by atoms with van der Waals surface area (Å²) in [4.78, 5) is 15.9. The predicted molar refractivity (Wildman–Crippen MR) is 166 cm³/mol. The van der Waals surface area contributed by atoms with Crippen molar-refractivity contribution in [1.29, 1.82) is 5.26 Å². The van der Waals surface area contributed by atoms with Gasteiger partial charge in [0.25, 0.3) is 0 Å². The van der Waals surface area contributed by atoms with Gasteiger partial charge >= 0.3 is 5.97 Å². The van der Waals surface area contributed by atoms with Crippen molar-refractivity contribution in [3.63, 3.8) is 0 Å². The number of carbonyl (C=O) groups is 1. The van der Waals surface area contributed by atoms with E-state index in [9.17, 15) is 20.3 Å². The number of aliphatic hydroxyl groups is 1. The van der Waals surface area contributed by atoms with Gasteiger partial charge in [0.05, 0.1) is 12.2 Å². The highest BCUT2D eigenvalue weighted by atomic mass is 16.6. The van der Waals surface area contributed by atoms with E-state index in [1.807, 2.05) is 43.3 Å². The number of rotatable bonds is 12. The number of aryl methyl sites for hydroxylation is 1. The number of aliphatic carboxylic acids is 1. The summed E-state index contributed by atoms with van der Waals surface area (Å²) in [7, 11) is 0. The molecule has 0 unspecified atom stereocenters. The van der Waals surface area contributed by atoms with Gasteiger partial charge in [0.2, 0.25) is 0 Å². The topological polar surface area (TPSA) is 143 Å². The van der Waals surface area contributed by atoms with Crippen LogP contribution in [0.15, 0.2) is 67.0 Å². The maximum atomic E-state index is 11.8. The molecule has 0 spiro atoms. The van der Waals surface area contributed by atoms with Gasteiger partial charge in [-0.25, -0.2) is 0 Å².